The van der Waals surface area contributed by atoms with Gasteiger partial charge in [-0.15, -0.1) is 22.7 Å². The van der Waals surface area contributed by atoms with Crippen LogP contribution in [0.1, 0.15) is 10.6 Å². The van der Waals surface area contributed by atoms with Crippen LogP contribution in [0.4, 0.5) is 4.39 Å². The van der Waals surface area contributed by atoms with Crippen LogP contribution in [-0.2, 0) is 6.54 Å². The van der Waals surface area contributed by atoms with E-state index in [1.165, 1.54) is 39.5 Å². The number of nitrogens with zero attached hydrogens (tertiary/aromatic N) is 3. The van der Waals surface area contributed by atoms with Gasteiger partial charge in [-0.3, -0.25) is 4.79 Å². The van der Waals surface area contributed by atoms with Gasteiger partial charge in [0, 0.05) is 10.6 Å². The third-order valence-corrected chi connectivity index (χ3v) is 5.94. The fraction of sp³-hybridized carbons (Fsp3) is 0.118. The minimum atomic E-state index is -0.464. The SMILES string of the molecule is Cc1nc2c(=O)n(Cc3c(F)cccc3Cl)nc(-c3cccs3)c2s1. The van der Waals surface area contributed by atoms with Crippen molar-refractivity contribution in [2.24, 2.45) is 0 Å². The number of benzene rings is 1. The van der Waals surface area contributed by atoms with E-state index in [1.54, 1.807) is 6.07 Å². The molecule has 126 valence electrons. The first kappa shape index (κ1) is 16.4. The standard InChI is InChI=1S/C17H11ClFN3OS2/c1-9-20-15-16(25-9)14(13-6-3-7-24-13)21-22(17(15)23)8-10-11(18)4-2-5-12(10)19/h2-7H,8H2,1H3. The fourth-order valence-corrected chi connectivity index (χ4v) is 4.49. The molecule has 3 heterocycles. The highest BCUT2D eigenvalue weighted by Gasteiger charge is 2.18. The lowest BCUT2D eigenvalue weighted by atomic mass is 10.2. The molecule has 0 aliphatic heterocycles. The predicted molar refractivity (Wildman–Crippen MR) is 100 cm³/mol. The molecule has 0 unspecified atom stereocenters. The van der Waals surface area contributed by atoms with E-state index < -0.39 is 5.82 Å². The molecule has 0 N–H and O–H groups in total. The summed E-state index contributed by atoms with van der Waals surface area (Å²) in [4.78, 5) is 18.1. The number of thiophene rings is 1. The van der Waals surface area contributed by atoms with Crippen molar-refractivity contribution in [3.63, 3.8) is 0 Å². The zero-order valence-corrected chi connectivity index (χ0v) is 15.4. The van der Waals surface area contributed by atoms with Crippen LogP contribution in [0.15, 0.2) is 40.5 Å². The predicted octanol–water partition coefficient (Wildman–Crippen LogP) is 4.73. The number of hydrogen-bond donors (Lipinski definition) is 0. The molecule has 0 spiro atoms. The third kappa shape index (κ3) is 2.88. The molecule has 3 aromatic heterocycles. The van der Waals surface area contributed by atoms with Crippen LogP contribution in [0.25, 0.3) is 20.8 Å². The number of rotatable bonds is 3. The van der Waals surface area contributed by atoms with Crippen molar-refractivity contribution < 1.29 is 4.39 Å². The van der Waals surface area contributed by atoms with Crippen molar-refractivity contribution >= 4 is 44.5 Å². The van der Waals surface area contributed by atoms with Gasteiger partial charge in [0.15, 0.2) is 5.52 Å². The zero-order chi connectivity index (χ0) is 17.6. The Kier molecular flexibility index (Phi) is 4.15. The number of aryl methyl sites for hydroxylation is 1. The molecule has 0 bridgehead atoms. The highest BCUT2D eigenvalue weighted by atomic mass is 35.5. The monoisotopic (exact) mass is 391 g/mol. The number of halogens is 2. The van der Waals surface area contributed by atoms with Crippen LogP contribution in [0.3, 0.4) is 0 Å². The van der Waals surface area contributed by atoms with Gasteiger partial charge in [-0.2, -0.15) is 5.10 Å². The lowest BCUT2D eigenvalue weighted by molar-refractivity contribution is 0.576. The van der Waals surface area contributed by atoms with E-state index in [0.717, 1.165) is 14.6 Å². The quantitative estimate of drug-likeness (QED) is 0.507. The van der Waals surface area contributed by atoms with Gasteiger partial charge in [0.2, 0.25) is 0 Å². The van der Waals surface area contributed by atoms with E-state index in [1.807, 2.05) is 24.4 Å². The molecule has 0 amide bonds. The second-order valence-electron chi connectivity index (χ2n) is 5.40. The van der Waals surface area contributed by atoms with Crippen molar-refractivity contribution in [3.8, 4) is 10.6 Å². The topological polar surface area (TPSA) is 47.8 Å². The van der Waals surface area contributed by atoms with Crippen molar-refractivity contribution in [2.45, 2.75) is 13.5 Å². The summed E-state index contributed by atoms with van der Waals surface area (Å²) in [5.41, 5.74) is 0.928. The molecule has 4 rings (SSSR count). The number of fused-ring (bicyclic) bond motifs is 1. The van der Waals surface area contributed by atoms with Gasteiger partial charge < -0.3 is 0 Å². The molecular weight excluding hydrogens is 381 g/mol. The smallest absolute Gasteiger partial charge is 0.265 e. The number of aromatic nitrogens is 3. The Hall–Kier alpha value is -2.09. The highest BCUT2D eigenvalue weighted by Crippen LogP contribution is 2.32. The zero-order valence-electron chi connectivity index (χ0n) is 13.0. The van der Waals surface area contributed by atoms with Crippen LogP contribution in [-0.4, -0.2) is 14.8 Å². The molecule has 0 aliphatic rings. The Morgan fingerprint density at radius 2 is 2.12 bits per heavy atom. The van der Waals surface area contributed by atoms with E-state index in [0.29, 0.717) is 11.2 Å². The average molecular weight is 392 g/mol. The molecular formula is C17H11ClFN3OS2. The summed E-state index contributed by atoms with van der Waals surface area (Å²) in [6, 6.07) is 8.30. The van der Waals surface area contributed by atoms with Crippen LogP contribution < -0.4 is 5.56 Å². The van der Waals surface area contributed by atoms with E-state index >= 15 is 0 Å². The summed E-state index contributed by atoms with van der Waals surface area (Å²) in [6.45, 7) is 1.80. The molecule has 0 atom stereocenters. The van der Waals surface area contributed by atoms with Gasteiger partial charge in [-0.1, -0.05) is 23.7 Å². The summed E-state index contributed by atoms with van der Waals surface area (Å²) in [6.07, 6.45) is 0. The minimum Gasteiger partial charge on any atom is -0.265 e. The van der Waals surface area contributed by atoms with Crippen molar-refractivity contribution in [1.82, 2.24) is 14.8 Å². The summed E-state index contributed by atoms with van der Waals surface area (Å²) < 4.78 is 16.1. The normalized spacial score (nSPS) is 11.3. The molecule has 0 fully saturated rings. The molecule has 8 heteroatoms. The first-order chi connectivity index (χ1) is 12.0. The highest BCUT2D eigenvalue weighted by molar-refractivity contribution is 7.20. The molecule has 4 nitrogen and oxygen atoms in total. The first-order valence-electron chi connectivity index (χ1n) is 7.39. The summed E-state index contributed by atoms with van der Waals surface area (Å²) in [7, 11) is 0. The number of thiazole rings is 1. The second kappa shape index (κ2) is 6.33. The van der Waals surface area contributed by atoms with Crippen molar-refractivity contribution in [3.05, 3.63) is 67.5 Å². The molecule has 1 aromatic carbocycles. The molecule has 0 saturated carbocycles. The molecule has 25 heavy (non-hydrogen) atoms. The second-order valence-corrected chi connectivity index (χ2v) is 7.96. The van der Waals surface area contributed by atoms with Crippen LogP contribution in [0, 0.1) is 12.7 Å². The lowest BCUT2D eigenvalue weighted by Gasteiger charge is -2.09. The summed E-state index contributed by atoms with van der Waals surface area (Å²) in [5, 5.41) is 7.49. The van der Waals surface area contributed by atoms with E-state index in [9.17, 15) is 9.18 Å². The van der Waals surface area contributed by atoms with Crippen LogP contribution in [0.2, 0.25) is 5.02 Å². The fourth-order valence-electron chi connectivity index (χ4n) is 2.58. The maximum atomic E-state index is 14.1. The minimum absolute atomic E-state index is 0.0464. The Labute approximate surface area is 155 Å². The van der Waals surface area contributed by atoms with E-state index in [2.05, 4.69) is 10.1 Å². The van der Waals surface area contributed by atoms with E-state index in [4.69, 9.17) is 11.6 Å². The van der Waals surface area contributed by atoms with E-state index in [-0.39, 0.29) is 22.7 Å². The lowest BCUT2D eigenvalue weighted by Crippen LogP contribution is -2.25. The Morgan fingerprint density at radius 3 is 2.84 bits per heavy atom. The van der Waals surface area contributed by atoms with Gasteiger partial charge >= 0.3 is 0 Å². The largest absolute Gasteiger partial charge is 0.294 e. The van der Waals surface area contributed by atoms with Gasteiger partial charge in [0.25, 0.3) is 5.56 Å². The van der Waals surface area contributed by atoms with Gasteiger partial charge in [0.05, 0.1) is 21.1 Å². The average Bonchev–Trinajstić information content (AvgIpc) is 3.22. The Balaban J connectivity index is 1.96. The van der Waals surface area contributed by atoms with Crippen molar-refractivity contribution in [1.29, 1.82) is 0 Å². The first-order valence-corrected chi connectivity index (χ1v) is 9.47. The molecule has 4 aromatic rings. The maximum Gasteiger partial charge on any atom is 0.294 e. The number of hydrogen-bond acceptors (Lipinski definition) is 5. The Bertz CT molecular complexity index is 1110. The molecule has 0 aliphatic carbocycles. The maximum absolute atomic E-state index is 14.1. The molecule has 0 saturated heterocycles. The van der Waals surface area contributed by atoms with Gasteiger partial charge in [-0.05, 0) is 30.5 Å². The van der Waals surface area contributed by atoms with Crippen LogP contribution >= 0.6 is 34.3 Å². The van der Waals surface area contributed by atoms with Crippen molar-refractivity contribution in [2.75, 3.05) is 0 Å². The third-order valence-electron chi connectivity index (χ3n) is 3.73. The Morgan fingerprint density at radius 1 is 1.28 bits per heavy atom. The van der Waals surface area contributed by atoms with Gasteiger partial charge in [-0.25, -0.2) is 14.1 Å². The summed E-state index contributed by atoms with van der Waals surface area (Å²) in [5.74, 6) is -0.464. The van der Waals surface area contributed by atoms with Gasteiger partial charge in [0.1, 0.15) is 11.5 Å². The summed E-state index contributed by atoms with van der Waals surface area (Å²) >= 11 is 9.06. The van der Waals surface area contributed by atoms with Crippen LogP contribution in [0.5, 0.6) is 0 Å². The molecule has 0 radical (unpaired) electrons.